The van der Waals surface area contributed by atoms with Crippen LogP contribution in [0.1, 0.15) is 16.0 Å². The molecule has 0 bridgehead atoms. The molecule has 0 unspecified atom stereocenters. The van der Waals surface area contributed by atoms with Crippen molar-refractivity contribution in [1.82, 2.24) is 4.98 Å². The van der Waals surface area contributed by atoms with Gasteiger partial charge in [0.15, 0.2) is 0 Å². The Morgan fingerprint density at radius 3 is 2.78 bits per heavy atom. The minimum absolute atomic E-state index is 0.369. The van der Waals surface area contributed by atoms with Crippen molar-refractivity contribution < 1.29 is 0 Å². The second-order valence-electron chi connectivity index (χ2n) is 3.60. The lowest BCUT2D eigenvalue weighted by molar-refractivity contribution is 1.31. The van der Waals surface area contributed by atoms with Gasteiger partial charge in [0.2, 0.25) is 0 Å². The van der Waals surface area contributed by atoms with Crippen LogP contribution in [0.3, 0.4) is 0 Å². The van der Waals surface area contributed by atoms with Gasteiger partial charge in [-0.2, -0.15) is 5.26 Å². The molecule has 0 atom stereocenters. The fourth-order valence-electron chi connectivity index (χ4n) is 1.44. The number of thiophene rings is 1. The number of nitriles is 1. The lowest BCUT2D eigenvalue weighted by atomic mass is 10.1. The van der Waals surface area contributed by atoms with E-state index in [0.29, 0.717) is 21.2 Å². The summed E-state index contributed by atoms with van der Waals surface area (Å²) < 4.78 is 0. The van der Waals surface area contributed by atoms with E-state index in [9.17, 15) is 5.26 Å². The van der Waals surface area contributed by atoms with Gasteiger partial charge in [0.1, 0.15) is 6.07 Å². The third-order valence-electron chi connectivity index (χ3n) is 2.38. The van der Waals surface area contributed by atoms with Crippen molar-refractivity contribution in [2.75, 3.05) is 0 Å². The zero-order chi connectivity index (χ0) is 13.1. The van der Waals surface area contributed by atoms with Crippen LogP contribution in [-0.2, 0) is 0 Å². The van der Waals surface area contributed by atoms with E-state index in [1.165, 1.54) is 11.3 Å². The molecule has 2 rings (SSSR count). The van der Waals surface area contributed by atoms with E-state index in [1.54, 1.807) is 24.5 Å². The van der Waals surface area contributed by atoms with E-state index in [-0.39, 0.29) is 0 Å². The Morgan fingerprint density at radius 2 is 2.28 bits per heavy atom. The predicted molar refractivity (Wildman–Crippen MR) is 76.6 cm³/mol. The van der Waals surface area contributed by atoms with Crippen LogP contribution in [0.4, 0.5) is 0 Å². The molecule has 0 aliphatic rings. The number of aryl methyl sites for hydroxylation is 1. The van der Waals surface area contributed by atoms with E-state index in [1.807, 2.05) is 12.3 Å². The van der Waals surface area contributed by atoms with E-state index in [4.69, 9.17) is 23.2 Å². The molecular formula is C13H8Cl2N2S. The minimum Gasteiger partial charge on any atom is -0.264 e. The standard InChI is InChI=1S/C13H8Cl2N2S/c1-8-7-18-13(11(8)14)12(15)10(5-16)9-3-2-4-17-6-9/h2-4,6-7H,1H3/b12-10+. The molecule has 0 radical (unpaired) electrons. The first-order valence-corrected chi connectivity index (χ1v) is 6.73. The quantitative estimate of drug-likeness (QED) is 0.751. The van der Waals surface area contributed by atoms with Crippen LogP contribution in [0.15, 0.2) is 29.9 Å². The summed E-state index contributed by atoms with van der Waals surface area (Å²) in [5.41, 5.74) is 2.03. The Balaban J connectivity index is 2.59. The number of pyridine rings is 1. The summed E-state index contributed by atoms with van der Waals surface area (Å²) in [6, 6.07) is 5.66. The zero-order valence-corrected chi connectivity index (χ0v) is 11.8. The Kier molecular flexibility index (Phi) is 4.03. The first-order chi connectivity index (χ1) is 8.65. The summed E-state index contributed by atoms with van der Waals surface area (Å²) in [6.07, 6.45) is 3.25. The molecular weight excluding hydrogens is 287 g/mol. The Labute approximate surface area is 119 Å². The van der Waals surface area contributed by atoms with Crippen molar-refractivity contribution in [3.63, 3.8) is 0 Å². The number of nitrogens with zero attached hydrogens (tertiary/aromatic N) is 2. The summed E-state index contributed by atoms with van der Waals surface area (Å²) in [7, 11) is 0. The average Bonchev–Trinajstić information content (AvgIpc) is 2.72. The number of rotatable bonds is 2. The number of allylic oxidation sites excluding steroid dienone is 1. The number of aromatic nitrogens is 1. The molecule has 2 aromatic rings. The van der Waals surface area contributed by atoms with Gasteiger partial charge in [0.05, 0.1) is 20.5 Å². The van der Waals surface area contributed by atoms with E-state index in [2.05, 4.69) is 11.1 Å². The average molecular weight is 295 g/mol. The minimum atomic E-state index is 0.369. The number of hydrogen-bond donors (Lipinski definition) is 0. The molecule has 0 aromatic carbocycles. The van der Waals surface area contributed by atoms with E-state index >= 15 is 0 Å². The molecule has 0 aliphatic heterocycles. The summed E-state index contributed by atoms with van der Waals surface area (Å²) in [4.78, 5) is 4.70. The molecule has 18 heavy (non-hydrogen) atoms. The predicted octanol–water partition coefficient (Wildman–Crippen LogP) is 4.74. The van der Waals surface area contributed by atoms with Crippen LogP contribution >= 0.6 is 34.5 Å². The van der Waals surface area contributed by atoms with E-state index < -0.39 is 0 Å². The smallest absolute Gasteiger partial charge is 0.101 e. The highest BCUT2D eigenvalue weighted by molar-refractivity contribution is 7.13. The molecule has 0 fully saturated rings. The van der Waals surface area contributed by atoms with Crippen LogP contribution in [0, 0.1) is 18.3 Å². The fraction of sp³-hybridized carbons (Fsp3) is 0.0769. The van der Waals surface area contributed by atoms with Gasteiger partial charge in [-0.05, 0) is 23.9 Å². The van der Waals surface area contributed by atoms with Crippen LogP contribution in [0.25, 0.3) is 10.6 Å². The van der Waals surface area contributed by atoms with Crippen molar-refractivity contribution in [3.8, 4) is 6.07 Å². The molecule has 2 heterocycles. The second-order valence-corrected chi connectivity index (χ2v) is 5.24. The zero-order valence-electron chi connectivity index (χ0n) is 9.45. The first-order valence-electron chi connectivity index (χ1n) is 5.09. The Morgan fingerprint density at radius 1 is 1.50 bits per heavy atom. The summed E-state index contributed by atoms with van der Waals surface area (Å²) in [5, 5.41) is 12.1. The molecule has 2 aromatic heterocycles. The molecule has 0 amide bonds. The van der Waals surface area contributed by atoms with Crippen LogP contribution in [0.5, 0.6) is 0 Å². The summed E-state index contributed by atoms with van der Waals surface area (Å²) >= 11 is 13.9. The SMILES string of the molecule is Cc1csc(/C(Cl)=C(/C#N)c2cccnc2)c1Cl. The Bertz CT molecular complexity index is 639. The maximum absolute atomic E-state index is 9.25. The van der Waals surface area contributed by atoms with Gasteiger partial charge in [-0.3, -0.25) is 4.98 Å². The normalized spacial score (nSPS) is 11.9. The monoisotopic (exact) mass is 294 g/mol. The maximum atomic E-state index is 9.25. The molecule has 0 N–H and O–H groups in total. The molecule has 0 aliphatic carbocycles. The first kappa shape index (κ1) is 13.1. The second kappa shape index (κ2) is 5.53. The highest BCUT2D eigenvalue weighted by Crippen LogP contribution is 2.38. The largest absolute Gasteiger partial charge is 0.264 e. The Hall–Kier alpha value is -1.34. The maximum Gasteiger partial charge on any atom is 0.101 e. The number of hydrogen-bond acceptors (Lipinski definition) is 3. The van der Waals surface area contributed by atoms with Gasteiger partial charge in [0.25, 0.3) is 0 Å². The third kappa shape index (κ3) is 2.41. The summed E-state index contributed by atoms with van der Waals surface area (Å²) in [5.74, 6) is 0. The molecule has 90 valence electrons. The van der Waals surface area contributed by atoms with E-state index in [0.717, 1.165) is 10.4 Å². The highest BCUT2D eigenvalue weighted by Gasteiger charge is 2.15. The molecule has 0 spiro atoms. The van der Waals surface area contributed by atoms with Gasteiger partial charge in [-0.1, -0.05) is 29.3 Å². The lowest BCUT2D eigenvalue weighted by Gasteiger charge is -2.02. The van der Waals surface area contributed by atoms with Crippen molar-refractivity contribution in [3.05, 3.63) is 50.9 Å². The number of halogens is 2. The molecule has 0 saturated heterocycles. The van der Waals surface area contributed by atoms with Gasteiger partial charge < -0.3 is 0 Å². The molecule has 5 heteroatoms. The van der Waals surface area contributed by atoms with Crippen molar-refractivity contribution >= 4 is 45.1 Å². The van der Waals surface area contributed by atoms with Gasteiger partial charge >= 0.3 is 0 Å². The van der Waals surface area contributed by atoms with Gasteiger partial charge in [-0.15, -0.1) is 11.3 Å². The van der Waals surface area contributed by atoms with Gasteiger partial charge in [0, 0.05) is 18.0 Å². The van der Waals surface area contributed by atoms with Crippen molar-refractivity contribution in [2.24, 2.45) is 0 Å². The highest BCUT2D eigenvalue weighted by atomic mass is 35.5. The molecule has 2 nitrogen and oxygen atoms in total. The van der Waals surface area contributed by atoms with Crippen LogP contribution < -0.4 is 0 Å². The lowest BCUT2D eigenvalue weighted by Crippen LogP contribution is -1.86. The van der Waals surface area contributed by atoms with Crippen LogP contribution in [-0.4, -0.2) is 4.98 Å². The van der Waals surface area contributed by atoms with Crippen molar-refractivity contribution in [2.45, 2.75) is 6.92 Å². The molecule has 0 saturated carbocycles. The van der Waals surface area contributed by atoms with Crippen molar-refractivity contribution in [1.29, 1.82) is 5.26 Å². The van der Waals surface area contributed by atoms with Gasteiger partial charge in [-0.25, -0.2) is 0 Å². The fourth-order valence-corrected chi connectivity index (χ4v) is 3.10. The summed E-state index contributed by atoms with van der Waals surface area (Å²) in [6.45, 7) is 1.91. The topological polar surface area (TPSA) is 36.7 Å². The third-order valence-corrected chi connectivity index (χ3v) is 4.58. The van der Waals surface area contributed by atoms with Crippen LogP contribution in [0.2, 0.25) is 5.02 Å².